The summed E-state index contributed by atoms with van der Waals surface area (Å²) in [6, 6.07) is 11.2. The zero-order chi connectivity index (χ0) is 21.1. The van der Waals surface area contributed by atoms with Crippen molar-refractivity contribution < 1.29 is 20.4 Å². The van der Waals surface area contributed by atoms with Gasteiger partial charge in [-0.2, -0.15) is 0 Å². The quantitative estimate of drug-likeness (QED) is 0.571. The molecule has 158 valence electrons. The first-order valence-corrected chi connectivity index (χ1v) is 10.1. The van der Waals surface area contributed by atoms with Gasteiger partial charge in [-0.15, -0.1) is 0 Å². The second kappa shape index (κ2) is 8.18. The van der Waals surface area contributed by atoms with Gasteiger partial charge in [0.25, 0.3) is 0 Å². The maximum absolute atomic E-state index is 13.2. The van der Waals surface area contributed by atoms with E-state index >= 15 is 0 Å². The Balaban J connectivity index is 0.00000272. The fraction of sp³-hybridized carbons (Fsp3) is 0.348. The van der Waals surface area contributed by atoms with Crippen LogP contribution >= 0.6 is 0 Å². The second-order valence-electron chi connectivity index (χ2n) is 7.20. The number of benzene rings is 1. The number of carbonyl (C=O) groups is 1. The van der Waals surface area contributed by atoms with Crippen LogP contribution in [0.5, 0.6) is 11.5 Å². The Labute approximate surface area is 177 Å². The van der Waals surface area contributed by atoms with Gasteiger partial charge in [-0.3, -0.25) is 9.79 Å². The van der Waals surface area contributed by atoms with Gasteiger partial charge in [-0.1, -0.05) is 18.2 Å². The maximum atomic E-state index is 13.2. The molecule has 2 aliphatic rings. The number of ether oxygens (including phenoxy) is 3. The van der Waals surface area contributed by atoms with Crippen LogP contribution in [0.3, 0.4) is 0 Å². The number of aromatic nitrogens is 1. The van der Waals surface area contributed by atoms with E-state index in [0.29, 0.717) is 35.5 Å². The molecule has 2 aromatic rings. The lowest BCUT2D eigenvalue weighted by Crippen LogP contribution is -2.28. The largest absolute Gasteiger partial charge is 0.481 e. The van der Waals surface area contributed by atoms with Gasteiger partial charge in [0.15, 0.2) is 11.5 Å². The second-order valence-corrected chi connectivity index (χ2v) is 7.20. The number of amides is 1. The van der Waals surface area contributed by atoms with E-state index in [1.807, 2.05) is 50.3 Å². The zero-order valence-electron chi connectivity index (χ0n) is 17.4. The molecule has 0 saturated heterocycles. The number of nitrogens with zero attached hydrogens (tertiary/aromatic N) is 2. The summed E-state index contributed by atoms with van der Waals surface area (Å²) in [6.45, 7) is 4.68. The summed E-state index contributed by atoms with van der Waals surface area (Å²) >= 11 is 0. The number of aliphatic imine (C=N–C) groups is 1. The molecule has 7 heteroatoms. The Hall–Kier alpha value is -3.35. The Morgan fingerprint density at radius 1 is 1.30 bits per heavy atom. The van der Waals surface area contributed by atoms with Gasteiger partial charge in [0.1, 0.15) is 5.82 Å². The number of methoxy groups -OCH3 is 1. The van der Waals surface area contributed by atoms with Crippen LogP contribution in [0.4, 0.5) is 5.82 Å². The normalized spacial score (nSPS) is 16.9. The van der Waals surface area contributed by atoms with Crippen molar-refractivity contribution in [2.24, 2.45) is 4.99 Å². The van der Waals surface area contributed by atoms with Crippen molar-refractivity contribution in [3.8, 4) is 11.5 Å². The fourth-order valence-electron chi connectivity index (χ4n) is 3.64. The Kier molecular flexibility index (Phi) is 5.44. The summed E-state index contributed by atoms with van der Waals surface area (Å²) in [5, 5.41) is 2.99. The molecule has 0 spiro atoms. The highest BCUT2D eigenvalue weighted by Gasteiger charge is 2.51. The first-order valence-electron chi connectivity index (χ1n) is 10.1. The third-order valence-electron chi connectivity index (χ3n) is 5.39. The first-order chi connectivity index (χ1) is 14.6. The topological polar surface area (TPSA) is 82.0 Å². The standard InChI is InChI=1S/C23H25N3O4.H2/c1-4-16(21(28-3)24-5-2)17-7-6-8-20(25-17)26-22(27)23(11-12-23)15-9-10-18-19(13-15)30-14-29-18;/h4,6-10,13H,5,11-12,14H2,1-3H3,(H,25,26,27);1H/b16-4-,24-21?;. The van der Waals surface area contributed by atoms with E-state index in [1.54, 1.807) is 13.2 Å². The molecule has 0 atom stereocenters. The molecule has 4 rings (SSSR count). The van der Waals surface area contributed by atoms with Gasteiger partial charge in [0, 0.05) is 7.97 Å². The molecule has 1 amide bonds. The van der Waals surface area contributed by atoms with Crippen molar-refractivity contribution >= 4 is 23.2 Å². The molecular weight excluding hydrogens is 382 g/mol. The number of nitrogens with one attached hydrogen (secondary N) is 1. The number of rotatable bonds is 6. The summed E-state index contributed by atoms with van der Waals surface area (Å²) in [4.78, 5) is 22.2. The molecule has 0 radical (unpaired) electrons. The lowest BCUT2D eigenvalue weighted by molar-refractivity contribution is -0.118. The molecule has 7 nitrogen and oxygen atoms in total. The molecule has 30 heavy (non-hydrogen) atoms. The third-order valence-corrected chi connectivity index (χ3v) is 5.39. The van der Waals surface area contributed by atoms with Gasteiger partial charge in [-0.25, -0.2) is 4.98 Å². The van der Waals surface area contributed by atoms with Crippen molar-refractivity contribution in [3.63, 3.8) is 0 Å². The van der Waals surface area contributed by atoms with Crippen molar-refractivity contribution in [1.82, 2.24) is 4.98 Å². The summed E-state index contributed by atoms with van der Waals surface area (Å²) in [5.41, 5.74) is 1.86. The van der Waals surface area contributed by atoms with E-state index in [0.717, 1.165) is 24.0 Å². The average Bonchev–Trinajstić information content (AvgIpc) is 3.45. The van der Waals surface area contributed by atoms with Gasteiger partial charge < -0.3 is 19.5 Å². The molecule has 1 fully saturated rings. The molecule has 1 aliphatic carbocycles. The van der Waals surface area contributed by atoms with Crippen molar-refractivity contribution in [3.05, 3.63) is 53.7 Å². The van der Waals surface area contributed by atoms with Crippen LogP contribution in [0.1, 0.15) is 39.4 Å². The van der Waals surface area contributed by atoms with E-state index in [-0.39, 0.29) is 14.1 Å². The molecule has 1 saturated carbocycles. The van der Waals surface area contributed by atoms with Crippen molar-refractivity contribution in [2.75, 3.05) is 25.8 Å². The van der Waals surface area contributed by atoms with E-state index in [2.05, 4.69) is 15.3 Å². The Morgan fingerprint density at radius 2 is 2.10 bits per heavy atom. The van der Waals surface area contributed by atoms with Crippen LogP contribution in [-0.2, 0) is 14.9 Å². The van der Waals surface area contributed by atoms with Gasteiger partial charge in [-0.05, 0) is 56.5 Å². The molecule has 1 N–H and O–H groups in total. The lowest BCUT2D eigenvalue weighted by atomic mass is 9.94. The molecule has 1 aromatic heterocycles. The number of anilines is 1. The molecule has 1 aromatic carbocycles. The molecule has 0 bridgehead atoms. The molecule has 0 unspecified atom stereocenters. The van der Waals surface area contributed by atoms with E-state index in [4.69, 9.17) is 14.2 Å². The van der Waals surface area contributed by atoms with Crippen LogP contribution in [-0.4, -0.2) is 37.2 Å². The minimum absolute atomic E-state index is 0. The predicted molar refractivity (Wildman–Crippen MR) is 117 cm³/mol. The first kappa shape index (κ1) is 19.9. The van der Waals surface area contributed by atoms with Crippen LogP contribution in [0, 0.1) is 0 Å². The predicted octanol–water partition coefficient (Wildman–Crippen LogP) is 4.19. The van der Waals surface area contributed by atoms with Crippen LogP contribution in [0.2, 0.25) is 0 Å². The van der Waals surface area contributed by atoms with Gasteiger partial charge in [0.2, 0.25) is 18.6 Å². The molecule has 2 heterocycles. The van der Waals surface area contributed by atoms with Crippen LogP contribution in [0.15, 0.2) is 47.5 Å². The third kappa shape index (κ3) is 3.63. The number of hydrogen-bond donors (Lipinski definition) is 1. The van der Waals surface area contributed by atoms with E-state index in [1.165, 1.54) is 0 Å². The highest BCUT2D eigenvalue weighted by atomic mass is 16.7. The summed E-state index contributed by atoms with van der Waals surface area (Å²) < 4.78 is 16.3. The van der Waals surface area contributed by atoms with Crippen LogP contribution < -0.4 is 14.8 Å². The summed E-state index contributed by atoms with van der Waals surface area (Å²) in [5.74, 6) is 2.35. The maximum Gasteiger partial charge on any atom is 0.236 e. The highest BCUT2D eigenvalue weighted by Crippen LogP contribution is 2.51. The van der Waals surface area contributed by atoms with E-state index in [9.17, 15) is 4.79 Å². The Bertz CT molecular complexity index is 1030. The average molecular weight is 409 g/mol. The molecular formula is C23H27N3O4. The van der Waals surface area contributed by atoms with Crippen molar-refractivity contribution in [1.29, 1.82) is 0 Å². The van der Waals surface area contributed by atoms with Crippen molar-refractivity contribution in [2.45, 2.75) is 32.1 Å². The molecule has 1 aliphatic heterocycles. The number of hydrogen-bond acceptors (Lipinski definition) is 6. The number of pyridine rings is 1. The SMILES string of the molecule is C/C=C(\C(=NCC)OC)c1cccc(NC(=O)C2(c3ccc4c(c3)OCO4)CC2)n1.[HH]. The fourth-order valence-corrected chi connectivity index (χ4v) is 3.64. The number of allylic oxidation sites excluding steroid dienone is 1. The number of carbonyl (C=O) groups excluding carboxylic acids is 1. The lowest BCUT2D eigenvalue weighted by Gasteiger charge is -2.16. The zero-order valence-corrected chi connectivity index (χ0v) is 17.4. The van der Waals surface area contributed by atoms with Gasteiger partial charge >= 0.3 is 0 Å². The van der Waals surface area contributed by atoms with Gasteiger partial charge in [0.05, 0.1) is 23.8 Å². The minimum atomic E-state index is -0.552. The Morgan fingerprint density at radius 3 is 2.80 bits per heavy atom. The smallest absolute Gasteiger partial charge is 0.236 e. The summed E-state index contributed by atoms with van der Waals surface area (Å²) in [6.07, 6.45) is 3.48. The minimum Gasteiger partial charge on any atom is -0.481 e. The van der Waals surface area contributed by atoms with Crippen LogP contribution in [0.25, 0.3) is 5.57 Å². The summed E-state index contributed by atoms with van der Waals surface area (Å²) in [7, 11) is 1.59. The van der Waals surface area contributed by atoms with E-state index < -0.39 is 5.41 Å². The highest BCUT2D eigenvalue weighted by molar-refractivity contribution is 6.19. The monoisotopic (exact) mass is 409 g/mol. The number of fused-ring (bicyclic) bond motifs is 1.